The van der Waals surface area contributed by atoms with E-state index in [4.69, 9.17) is 5.73 Å². The molecule has 0 heterocycles. The summed E-state index contributed by atoms with van der Waals surface area (Å²) in [5, 5.41) is 0. The smallest absolute Gasteiger partial charge is 0.0154 e. The lowest BCUT2D eigenvalue weighted by Crippen LogP contribution is -2.44. The summed E-state index contributed by atoms with van der Waals surface area (Å²) < 4.78 is 0. The van der Waals surface area contributed by atoms with Crippen molar-refractivity contribution in [1.29, 1.82) is 0 Å². The highest BCUT2D eigenvalue weighted by atomic mass is 14.7. The second kappa shape index (κ2) is 8.41. The first kappa shape index (κ1) is 18.0. The second-order valence-electron chi connectivity index (χ2n) is 8.37. The highest BCUT2D eigenvalue weighted by Crippen LogP contribution is 2.42. The second-order valence-corrected chi connectivity index (χ2v) is 8.37. The van der Waals surface area contributed by atoms with E-state index >= 15 is 0 Å². The van der Waals surface area contributed by atoms with Crippen LogP contribution in [-0.2, 0) is 0 Å². The molecule has 0 aliphatic heterocycles. The molecular formula is C19H39N. The van der Waals surface area contributed by atoms with Crippen LogP contribution in [0.1, 0.15) is 105 Å². The molecule has 0 radical (unpaired) electrons. The number of hydrogen-bond donors (Lipinski definition) is 1. The van der Waals surface area contributed by atoms with Crippen LogP contribution in [0.4, 0.5) is 0 Å². The van der Waals surface area contributed by atoms with Gasteiger partial charge < -0.3 is 5.73 Å². The van der Waals surface area contributed by atoms with Crippen molar-refractivity contribution in [3.63, 3.8) is 0 Å². The molecule has 1 saturated carbocycles. The summed E-state index contributed by atoms with van der Waals surface area (Å²) >= 11 is 0. The van der Waals surface area contributed by atoms with Gasteiger partial charge in [0.2, 0.25) is 0 Å². The van der Waals surface area contributed by atoms with E-state index in [1.807, 2.05) is 0 Å². The molecule has 20 heavy (non-hydrogen) atoms. The highest BCUT2D eigenvalue weighted by molar-refractivity contribution is 4.92. The van der Waals surface area contributed by atoms with E-state index in [0.29, 0.717) is 5.41 Å². The van der Waals surface area contributed by atoms with Gasteiger partial charge in [0.05, 0.1) is 0 Å². The molecule has 0 amide bonds. The van der Waals surface area contributed by atoms with E-state index in [1.165, 1.54) is 77.0 Å². The van der Waals surface area contributed by atoms with Crippen molar-refractivity contribution < 1.29 is 0 Å². The lowest BCUT2D eigenvalue weighted by atomic mass is 9.66. The third-order valence-electron chi connectivity index (χ3n) is 5.48. The van der Waals surface area contributed by atoms with Crippen molar-refractivity contribution in [2.24, 2.45) is 17.1 Å². The van der Waals surface area contributed by atoms with Crippen molar-refractivity contribution in [2.75, 3.05) is 0 Å². The summed E-state index contributed by atoms with van der Waals surface area (Å²) in [4.78, 5) is 0. The monoisotopic (exact) mass is 281 g/mol. The van der Waals surface area contributed by atoms with Gasteiger partial charge in [-0.15, -0.1) is 0 Å². The molecule has 0 spiro atoms. The van der Waals surface area contributed by atoms with Gasteiger partial charge in [-0.25, -0.2) is 0 Å². The summed E-state index contributed by atoms with van der Waals surface area (Å²) in [6, 6.07) is 0. The average molecular weight is 282 g/mol. The summed E-state index contributed by atoms with van der Waals surface area (Å²) in [5.41, 5.74) is 7.27. The van der Waals surface area contributed by atoms with Gasteiger partial charge in [-0.3, -0.25) is 0 Å². The number of hydrogen-bond acceptors (Lipinski definition) is 1. The fraction of sp³-hybridized carbons (Fsp3) is 1.00. The quantitative estimate of drug-likeness (QED) is 0.538. The molecule has 1 fully saturated rings. The van der Waals surface area contributed by atoms with Gasteiger partial charge in [-0.1, -0.05) is 72.6 Å². The molecule has 2 N–H and O–H groups in total. The van der Waals surface area contributed by atoms with Crippen molar-refractivity contribution in [2.45, 2.75) is 110 Å². The summed E-state index contributed by atoms with van der Waals surface area (Å²) in [6.45, 7) is 9.44. The maximum Gasteiger partial charge on any atom is 0.0154 e. The van der Waals surface area contributed by atoms with Crippen LogP contribution >= 0.6 is 0 Å². The SMILES string of the molecule is CCCCCCCCCC1(N)CCC(C(C)(C)C)CC1. The molecule has 1 rings (SSSR count). The lowest BCUT2D eigenvalue weighted by molar-refractivity contribution is 0.128. The molecule has 1 heteroatoms. The van der Waals surface area contributed by atoms with Gasteiger partial charge >= 0.3 is 0 Å². The Hall–Kier alpha value is -0.0400. The van der Waals surface area contributed by atoms with E-state index in [0.717, 1.165) is 5.92 Å². The normalized spacial score (nSPS) is 27.8. The molecule has 0 aromatic rings. The van der Waals surface area contributed by atoms with E-state index in [9.17, 15) is 0 Å². The largest absolute Gasteiger partial charge is 0.325 e. The summed E-state index contributed by atoms with van der Waals surface area (Å²) in [6.07, 6.45) is 16.2. The molecule has 120 valence electrons. The minimum atomic E-state index is 0.172. The predicted octanol–water partition coefficient (Wildman–Crippen LogP) is 6.06. The fourth-order valence-corrected chi connectivity index (χ4v) is 3.74. The standard InChI is InChI=1S/C19H39N/c1-5-6-7-8-9-10-11-14-19(20)15-12-17(13-16-19)18(2,3)4/h17H,5-16,20H2,1-4H3. The van der Waals surface area contributed by atoms with Crippen molar-refractivity contribution >= 4 is 0 Å². The Morgan fingerprint density at radius 2 is 1.40 bits per heavy atom. The predicted molar refractivity (Wildman–Crippen MR) is 90.9 cm³/mol. The van der Waals surface area contributed by atoms with E-state index in [2.05, 4.69) is 27.7 Å². The molecule has 0 bridgehead atoms. The van der Waals surface area contributed by atoms with Crippen LogP contribution in [0.2, 0.25) is 0 Å². The maximum absolute atomic E-state index is 6.63. The van der Waals surface area contributed by atoms with Crippen LogP contribution in [0.15, 0.2) is 0 Å². The van der Waals surface area contributed by atoms with Gasteiger partial charge in [0.15, 0.2) is 0 Å². The lowest BCUT2D eigenvalue weighted by Gasteiger charge is -2.42. The zero-order valence-corrected chi connectivity index (χ0v) is 14.6. The Morgan fingerprint density at radius 1 is 0.900 bits per heavy atom. The molecule has 1 aliphatic carbocycles. The third kappa shape index (κ3) is 6.61. The topological polar surface area (TPSA) is 26.0 Å². The summed E-state index contributed by atoms with van der Waals surface area (Å²) in [7, 11) is 0. The Morgan fingerprint density at radius 3 is 1.90 bits per heavy atom. The Labute approximate surface area is 128 Å². The van der Waals surface area contributed by atoms with Gasteiger partial charge in [0.25, 0.3) is 0 Å². The molecule has 0 aromatic heterocycles. The molecule has 0 unspecified atom stereocenters. The Bertz CT molecular complexity index is 243. The van der Waals surface area contributed by atoms with Gasteiger partial charge in [-0.05, 0) is 43.4 Å². The zero-order chi connectivity index (χ0) is 15.1. The van der Waals surface area contributed by atoms with Gasteiger partial charge in [0, 0.05) is 5.54 Å². The third-order valence-corrected chi connectivity index (χ3v) is 5.48. The molecular weight excluding hydrogens is 242 g/mol. The fourth-order valence-electron chi connectivity index (χ4n) is 3.74. The van der Waals surface area contributed by atoms with Gasteiger partial charge in [-0.2, -0.15) is 0 Å². The first-order chi connectivity index (χ1) is 9.37. The van der Waals surface area contributed by atoms with Crippen LogP contribution in [0.25, 0.3) is 0 Å². The van der Waals surface area contributed by atoms with Crippen LogP contribution < -0.4 is 5.73 Å². The van der Waals surface area contributed by atoms with Crippen molar-refractivity contribution in [3.05, 3.63) is 0 Å². The maximum atomic E-state index is 6.63. The van der Waals surface area contributed by atoms with Crippen molar-refractivity contribution in [3.8, 4) is 0 Å². The van der Waals surface area contributed by atoms with E-state index in [-0.39, 0.29) is 5.54 Å². The molecule has 0 saturated heterocycles. The number of rotatable bonds is 8. The first-order valence-corrected chi connectivity index (χ1v) is 9.16. The molecule has 0 aromatic carbocycles. The van der Waals surface area contributed by atoms with Crippen LogP contribution in [-0.4, -0.2) is 5.54 Å². The average Bonchev–Trinajstić information content (AvgIpc) is 2.37. The zero-order valence-electron chi connectivity index (χ0n) is 14.6. The van der Waals surface area contributed by atoms with Gasteiger partial charge in [0.1, 0.15) is 0 Å². The van der Waals surface area contributed by atoms with Crippen LogP contribution in [0, 0.1) is 11.3 Å². The minimum absolute atomic E-state index is 0.172. The number of unbranched alkanes of at least 4 members (excludes halogenated alkanes) is 6. The van der Waals surface area contributed by atoms with E-state index in [1.54, 1.807) is 0 Å². The van der Waals surface area contributed by atoms with E-state index < -0.39 is 0 Å². The van der Waals surface area contributed by atoms with Crippen molar-refractivity contribution in [1.82, 2.24) is 0 Å². The molecule has 0 atom stereocenters. The molecule has 1 aliphatic rings. The number of nitrogens with two attached hydrogens (primary N) is 1. The minimum Gasteiger partial charge on any atom is -0.325 e. The summed E-state index contributed by atoms with van der Waals surface area (Å²) in [5.74, 6) is 0.883. The molecule has 1 nitrogen and oxygen atoms in total. The van der Waals surface area contributed by atoms with Crippen LogP contribution in [0.3, 0.4) is 0 Å². The van der Waals surface area contributed by atoms with Crippen LogP contribution in [0.5, 0.6) is 0 Å². The highest BCUT2D eigenvalue weighted by Gasteiger charge is 2.35. The Kier molecular flexibility index (Phi) is 7.58. The Balaban J connectivity index is 2.12. The first-order valence-electron chi connectivity index (χ1n) is 9.16.